The van der Waals surface area contributed by atoms with Crippen molar-refractivity contribution in [3.05, 3.63) is 18.0 Å². The largest absolute Gasteiger partial charge is 0.382 e. The number of nitrogens with zero attached hydrogens (tertiary/aromatic N) is 2. The number of aromatic nitrogens is 2. The summed E-state index contributed by atoms with van der Waals surface area (Å²) in [4.78, 5) is 0. The Bertz CT molecular complexity index is 260. The Morgan fingerprint density at radius 2 is 2.33 bits per heavy atom. The minimum Gasteiger partial charge on any atom is -0.382 e. The fraction of sp³-hybridized carbons (Fsp3) is 0.727. The lowest BCUT2D eigenvalue weighted by Crippen LogP contribution is -2.14. The van der Waals surface area contributed by atoms with Gasteiger partial charge in [0.05, 0.1) is 6.20 Å². The molecular weight excluding hydrogens is 190 g/mol. The van der Waals surface area contributed by atoms with Crippen molar-refractivity contribution in [3.63, 3.8) is 0 Å². The van der Waals surface area contributed by atoms with Crippen LogP contribution in [-0.2, 0) is 18.3 Å². The van der Waals surface area contributed by atoms with Gasteiger partial charge in [-0.2, -0.15) is 5.10 Å². The Hall–Kier alpha value is -0.870. The molecule has 0 atom stereocenters. The molecule has 0 aliphatic rings. The molecule has 4 heteroatoms. The van der Waals surface area contributed by atoms with Crippen molar-refractivity contribution in [2.75, 3.05) is 19.8 Å². The zero-order valence-electron chi connectivity index (χ0n) is 9.70. The van der Waals surface area contributed by atoms with Crippen LogP contribution >= 0.6 is 0 Å². The quantitative estimate of drug-likeness (QED) is 0.659. The van der Waals surface area contributed by atoms with E-state index >= 15 is 0 Å². The van der Waals surface area contributed by atoms with Gasteiger partial charge in [0.1, 0.15) is 0 Å². The van der Waals surface area contributed by atoms with Crippen molar-refractivity contribution in [2.45, 2.75) is 26.3 Å². The Labute approximate surface area is 91.6 Å². The molecule has 1 aromatic rings. The smallest absolute Gasteiger partial charge is 0.0534 e. The van der Waals surface area contributed by atoms with Gasteiger partial charge in [0, 0.05) is 38.6 Å². The van der Waals surface area contributed by atoms with Crippen molar-refractivity contribution in [2.24, 2.45) is 7.05 Å². The molecule has 15 heavy (non-hydrogen) atoms. The van der Waals surface area contributed by atoms with Crippen LogP contribution in [0.3, 0.4) is 0 Å². The zero-order chi connectivity index (χ0) is 10.9. The van der Waals surface area contributed by atoms with Gasteiger partial charge in [-0.3, -0.25) is 4.68 Å². The van der Waals surface area contributed by atoms with Gasteiger partial charge in [-0.05, 0) is 26.3 Å². The highest BCUT2D eigenvalue weighted by atomic mass is 16.5. The summed E-state index contributed by atoms with van der Waals surface area (Å²) in [5.74, 6) is 0. The number of hydrogen-bond donors (Lipinski definition) is 1. The van der Waals surface area contributed by atoms with Gasteiger partial charge < -0.3 is 10.1 Å². The average molecular weight is 211 g/mol. The number of hydrogen-bond acceptors (Lipinski definition) is 3. The second kappa shape index (κ2) is 7.43. The molecule has 0 amide bonds. The first-order valence-electron chi connectivity index (χ1n) is 5.59. The molecule has 86 valence electrons. The van der Waals surface area contributed by atoms with Crippen molar-refractivity contribution in [1.29, 1.82) is 0 Å². The Morgan fingerprint density at radius 1 is 1.47 bits per heavy atom. The summed E-state index contributed by atoms with van der Waals surface area (Å²) in [6, 6.07) is 0. The molecule has 0 radical (unpaired) electrons. The van der Waals surface area contributed by atoms with Crippen molar-refractivity contribution >= 4 is 0 Å². The van der Waals surface area contributed by atoms with E-state index in [0.29, 0.717) is 0 Å². The molecular formula is C11H21N3O. The molecule has 1 aromatic heterocycles. The SMILES string of the molecule is CCOCCCCNCc1cnn(C)c1. The Kier molecular flexibility index (Phi) is 6.04. The van der Waals surface area contributed by atoms with Crippen molar-refractivity contribution in [3.8, 4) is 0 Å². The molecule has 4 nitrogen and oxygen atoms in total. The van der Waals surface area contributed by atoms with Crippen LogP contribution in [0, 0.1) is 0 Å². The highest BCUT2D eigenvalue weighted by molar-refractivity contribution is 5.02. The molecule has 0 aromatic carbocycles. The maximum atomic E-state index is 5.26. The predicted octanol–water partition coefficient (Wildman–Crippen LogP) is 1.33. The van der Waals surface area contributed by atoms with E-state index in [0.717, 1.165) is 32.7 Å². The Morgan fingerprint density at radius 3 is 3.00 bits per heavy atom. The van der Waals surface area contributed by atoms with Crippen molar-refractivity contribution < 1.29 is 4.74 Å². The maximum Gasteiger partial charge on any atom is 0.0534 e. The summed E-state index contributed by atoms with van der Waals surface area (Å²) in [5, 5.41) is 7.50. The lowest BCUT2D eigenvalue weighted by atomic mass is 10.3. The third kappa shape index (κ3) is 5.54. The maximum absolute atomic E-state index is 5.26. The van der Waals surface area contributed by atoms with Crippen LogP contribution in [0.4, 0.5) is 0 Å². The second-order valence-electron chi connectivity index (χ2n) is 3.60. The molecule has 0 bridgehead atoms. The van der Waals surface area contributed by atoms with E-state index in [4.69, 9.17) is 4.74 Å². The average Bonchev–Trinajstić information content (AvgIpc) is 2.63. The van der Waals surface area contributed by atoms with Gasteiger partial charge in [0.25, 0.3) is 0 Å². The topological polar surface area (TPSA) is 39.1 Å². The van der Waals surface area contributed by atoms with Crippen LogP contribution in [0.2, 0.25) is 0 Å². The molecule has 0 saturated carbocycles. The van der Waals surface area contributed by atoms with Gasteiger partial charge in [-0.15, -0.1) is 0 Å². The standard InChI is InChI=1S/C11H21N3O/c1-3-15-7-5-4-6-12-8-11-9-13-14(2)10-11/h9-10,12H,3-8H2,1-2H3. The van der Waals surface area contributed by atoms with E-state index in [2.05, 4.69) is 10.4 Å². The van der Waals surface area contributed by atoms with Crippen LogP contribution < -0.4 is 5.32 Å². The molecule has 0 unspecified atom stereocenters. The van der Waals surface area contributed by atoms with E-state index in [9.17, 15) is 0 Å². The molecule has 0 spiro atoms. The number of aryl methyl sites for hydroxylation is 1. The summed E-state index contributed by atoms with van der Waals surface area (Å²) in [6.07, 6.45) is 6.23. The number of nitrogens with one attached hydrogen (secondary N) is 1. The predicted molar refractivity (Wildman–Crippen MR) is 60.6 cm³/mol. The number of ether oxygens (including phenoxy) is 1. The molecule has 1 heterocycles. The van der Waals surface area contributed by atoms with Crippen molar-refractivity contribution in [1.82, 2.24) is 15.1 Å². The summed E-state index contributed by atoms with van der Waals surface area (Å²) in [5.41, 5.74) is 1.24. The van der Waals surface area contributed by atoms with Crippen LogP contribution in [-0.4, -0.2) is 29.5 Å². The van der Waals surface area contributed by atoms with Gasteiger partial charge in [-0.25, -0.2) is 0 Å². The monoisotopic (exact) mass is 211 g/mol. The minimum absolute atomic E-state index is 0.823. The Balaban J connectivity index is 1.93. The van der Waals surface area contributed by atoms with Gasteiger partial charge in [0.2, 0.25) is 0 Å². The summed E-state index contributed by atoms with van der Waals surface area (Å²) in [7, 11) is 1.94. The van der Waals surface area contributed by atoms with Crippen LogP contribution in [0.15, 0.2) is 12.4 Å². The first-order chi connectivity index (χ1) is 7.33. The number of rotatable bonds is 8. The fourth-order valence-electron chi connectivity index (χ4n) is 1.39. The molecule has 1 rings (SSSR count). The van der Waals surface area contributed by atoms with E-state index < -0.39 is 0 Å². The molecule has 0 aliphatic carbocycles. The van der Waals surface area contributed by atoms with E-state index in [1.54, 1.807) is 0 Å². The van der Waals surface area contributed by atoms with Crippen LogP contribution in [0.5, 0.6) is 0 Å². The highest BCUT2D eigenvalue weighted by Gasteiger charge is 1.94. The van der Waals surface area contributed by atoms with E-state index in [1.807, 2.05) is 31.0 Å². The second-order valence-corrected chi connectivity index (χ2v) is 3.60. The first-order valence-corrected chi connectivity index (χ1v) is 5.59. The van der Waals surface area contributed by atoms with Gasteiger partial charge >= 0.3 is 0 Å². The molecule has 1 N–H and O–H groups in total. The lowest BCUT2D eigenvalue weighted by molar-refractivity contribution is 0.143. The number of unbranched alkanes of at least 4 members (excludes halogenated alkanes) is 1. The molecule has 0 fully saturated rings. The molecule has 0 aliphatic heterocycles. The van der Waals surface area contributed by atoms with Crippen LogP contribution in [0.1, 0.15) is 25.3 Å². The normalized spacial score (nSPS) is 10.8. The van der Waals surface area contributed by atoms with Gasteiger partial charge in [-0.1, -0.05) is 0 Å². The fourth-order valence-corrected chi connectivity index (χ4v) is 1.39. The van der Waals surface area contributed by atoms with E-state index in [1.165, 1.54) is 12.0 Å². The van der Waals surface area contributed by atoms with E-state index in [-0.39, 0.29) is 0 Å². The van der Waals surface area contributed by atoms with Crippen LogP contribution in [0.25, 0.3) is 0 Å². The van der Waals surface area contributed by atoms with Gasteiger partial charge in [0.15, 0.2) is 0 Å². The minimum atomic E-state index is 0.823. The summed E-state index contributed by atoms with van der Waals surface area (Å²) >= 11 is 0. The first kappa shape index (κ1) is 12.2. The summed E-state index contributed by atoms with van der Waals surface area (Å²) in [6.45, 7) is 5.68. The summed E-state index contributed by atoms with van der Waals surface area (Å²) < 4.78 is 7.09. The molecule has 0 saturated heterocycles. The zero-order valence-corrected chi connectivity index (χ0v) is 9.70. The third-order valence-corrected chi connectivity index (χ3v) is 2.18. The third-order valence-electron chi connectivity index (χ3n) is 2.18. The lowest BCUT2D eigenvalue weighted by Gasteiger charge is -2.03. The highest BCUT2D eigenvalue weighted by Crippen LogP contribution is 1.95.